The molecule has 0 atom stereocenters. The maximum Gasteiger partial charge on any atom is 0.0890 e. The van der Waals surface area contributed by atoms with Gasteiger partial charge in [0.1, 0.15) is 0 Å². The van der Waals surface area contributed by atoms with Gasteiger partial charge in [-0.05, 0) is 34.8 Å². The molecular weight excluding hydrogens is 204 g/mol. The van der Waals surface area contributed by atoms with Crippen molar-refractivity contribution in [2.24, 2.45) is 4.99 Å². The lowest BCUT2D eigenvalue weighted by atomic mass is 10.3. The molecule has 11 heavy (non-hydrogen) atoms. The van der Waals surface area contributed by atoms with E-state index in [0.29, 0.717) is 0 Å². The number of hydrogen-bond donors (Lipinski definition) is 0. The van der Waals surface area contributed by atoms with E-state index in [1.165, 1.54) is 0 Å². The summed E-state index contributed by atoms with van der Waals surface area (Å²) in [6.45, 7) is 7.03. The van der Waals surface area contributed by atoms with Gasteiger partial charge in [0.25, 0.3) is 0 Å². The first kappa shape index (κ1) is 8.14. The van der Waals surface area contributed by atoms with Crippen LogP contribution in [-0.4, -0.2) is 11.7 Å². The van der Waals surface area contributed by atoms with Gasteiger partial charge < -0.3 is 0 Å². The highest BCUT2D eigenvalue weighted by molar-refractivity contribution is 9.10. The van der Waals surface area contributed by atoms with E-state index < -0.39 is 0 Å². The Morgan fingerprint density at radius 2 is 2.36 bits per heavy atom. The average Bonchev–Trinajstić information content (AvgIpc) is 2.04. The molecule has 3 heteroatoms. The number of pyridine rings is 1. The minimum Gasteiger partial charge on any atom is -0.262 e. The van der Waals surface area contributed by atoms with Crippen molar-refractivity contribution in [1.82, 2.24) is 4.98 Å². The van der Waals surface area contributed by atoms with Crippen LogP contribution in [0.15, 0.2) is 28.3 Å². The molecule has 0 saturated carbocycles. The summed E-state index contributed by atoms with van der Waals surface area (Å²) in [6, 6.07) is 1.84. The van der Waals surface area contributed by atoms with E-state index in [4.69, 9.17) is 0 Å². The van der Waals surface area contributed by atoms with Gasteiger partial charge in [-0.15, -0.1) is 0 Å². The van der Waals surface area contributed by atoms with E-state index >= 15 is 0 Å². The van der Waals surface area contributed by atoms with Crippen LogP contribution in [0.1, 0.15) is 5.69 Å². The predicted octanol–water partition coefficient (Wildman–Crippen LogP) is 2.82. The van der Waals surface area contributed by atoms with Crippen LogP contribution in [-0.2, 0) is 0 Å². The predicted molar refractivity (Wildman–Crippen MR) is 51.2 cm³/mol. The molecule has 1 aromatic rings. The van der Waals surface area contributed by atoms with E-state index in [2.05, 4.69) is 39.2 Å². The highest BCUT2D eigenvalue weighted by Crippen LogP contribution is 2.21. The van der Waals surface area contributed by atoms with Gasteiger partial charge in [0.05, 0.1) is 11.4 Å². The summed E-state index contributed by atoms with van der Waals surface area (Å²) in [6.07, 6.45) is 3.35. The highest BCUT2D eigenvalue weighted by Gasteiger charge is 1.97. The van der Waals surface area contributed by atoms with E-state index in [-0.39, 0.29) is 0 Å². The van der Waals surface area contributed by atoms with Gasteiger partial charge in [0, 0.05) is 10.7 Å². The number of aliphatic imine (C=N–C) groups is 1. The summed E-state index contributed by atoms with van der Waals surface area (Å²) < 4.78 is 0.894. The number of nitrogens with zero attached hydrogens (tertiary/aromatic N) is 2. The first-order chi connectivity index (χ1) is 5.27. The van der Waals surface area contributed by atoms with Gasteiger partial charge in [-0.3, -0.25) is 9.98 Å². The van der Waals surface area contributed by atoms with Gasteiger partial charge in [0.15, 0.2) is 0 Å². The van der Waals surface area contributed by atoms with Crippen LogP contribution in [0, 0.1) is 0 Å². The van der Waals surface area contributed by atoms with Crippen LogP contribution < -0.4 is 0 Å². The van der Waals surface area contributed by atoms with Gasteiger partial charge in [-0.25, -0.2) is 0 Å². The Bertz CT molecular complexity index is 294. The third-order valence-corrected chi connectivity index (χ3v) is 1.66. The summed E-state index contributed by atoms with van der Waals surface area (Å²) in [5.74, 6) is 0. The molecule has 0 bridgehead atoms. The minimum atomic E-state index is 0.745. The van der Waals surface area contributed by atoms with Crippen LogP contribution in [0.3, 0.4) is 0 Å². The first-order valence-corrected chi connectivity index (χ1v) is 3.82. The SMILES string of the molecule is C=Cc1ncc(Br)cc1N=C. The van der Waals surface area contributed by atoms with Crippen molar-refractivity contribution in [1.29, 1.82) is 0 Å². The molecule has 0 N–H and O–H groups in total. The van der Waals surface area contributed by atoms with Gasteiger partial charge in [-0.2, -0.15) is 0 Å². The lowest BCUT2D eigenvalue weighted by molar-refractivity contribution is 1.26. The molecule has 0 unspecified atom stereocenters. The van der Waals surface area contributed by atoms with E-state index in [9.17, 15) is 0 Å². The zero-order chi connectivity index (χ0) is 8.27. The van der Waals surface area contributed by atoms with Crippen LogP contribution in [0.4, 0.5) is 5.69 Å². The Labute approximate surface area is 73.8 Å². The Balaban J connectivity index is 3.26. The fraction of sp³-hybridized carbons (Fsp3) is 0. The molecule has 0 aromatic carbocycles. The lowest BCUT2D eigenvalue weighted by Crippen LogP contribution is -1.80. The summed E-state index contributed by atoms with van der Waals surface area (Å²) >= 11 is 3.28. The first-order valence-electron chi connectivity index (χ1n) is 3.02. The molecule has 1 rings (SSSR count). The Kier molecular flexibility index (Phi) is 2.54. The van der Waals surface area contributed by atoms with Gasteiger partial charge in [-0.1, -0.05) is 6.58 Å². The van der Waals surface area contributed by atoms with Crippen molar-refractivity contribution in [3.63, 3.8) is 0 Å². The molecule has 0 aliphatic rings. The molecule has 56 valence electrons. The van der Waals surface area contributed by atoms with Crippen LogP contribution in [0.5, 0.6) is 0 Å². The maximum atomic E-state index is 4.07. The number of rotatable bonds is 2. The normalized spacial score (nSPS) is 9.18. The van der Waals surface area contributed by atoms with Crippen molar-refractivity contribution in [2.45, 2.75) is 0 Å². The summed E-state index contributed by atoms with van der Waals surface area (Å²) in [5.41, 5.74) is 1.50. The molecule has 0 aliphatic heterocycles. The van der Waals surface area contributed by atoms with E-state index in [1.807, 2.05) is 6.07 Å². The third-order valence-electron chi connectivity index (χ3n) is 1.23. The van der Waals surface area contributed by atoms with Crippen LogP contribution in [0.2, 0.25) is 0 Å². The number of aromatic nitrogens is 1. The quantitative estimate of drug-likeness (QED) is 0.690. The Morgan fingerprint density at radius 3 is 2.91 bits per heavy atom. The second kappa shape index (κ2) is 3.44. The fourth-order valence-corrected chi connectivity index (χ4v) is 1.04. The van der Waals surface area contributed by atoms with Crippen LogP contribution >= 0.6 is 15.9 Å². The molecule has 0 spiro atoms. The highest BCUT2D eigenvalue weighted by atomic mass is 79.9. The van der Waals surface area contributed by atoms with Crippen molar-refractivity contribution < 1.29 is 0 Å². The second-order valence-electron chi connectivity index (χ2n) is 1.92. The van der Waals surface area contributed by atoms with Crippen LogP contribution in [0.25, 0.3) is 6.08 Å². The van der Waals surface area contributed by atoms with E-state index in [1.54, 1.807) is 12.3 Å². The molecule has 0 amide bonds. The maximum absolute atomic E-state index is 4.07. The summed E-state index contributed by atoms with van der Waals surface area (Å²) in [5, 5.41) is 0. The average molecular weight is 211 g/mol. The summed E-state index contributed by atoms with van der Waals surface area (Å²) in [4.78, 5) is 7.86. The van der Waals surface area contributed by atoms with Gasteiger partial charge in [0.2, 0.25) is 0 Å². The second-order valence-corrected chi connectivity index (χ2v) is 2.84. The van der Waals surface area contributed by atoms with Crippen molar-refractivity contribution in [3.05, 3.63) is 29.0 Å². The zero-order valence-electron chi connectivity index (χ0n) is 5.92. The van der Waals surface area contributed by atoms with Crippen molar-refractivity contribution in [2.75, 3.05) is 0 Å². The largest absolute Gasteiger partial charge is 0.262 e. The topological polar surface area (TPSA) is 25.2 Å². The molecule has 0 saturated heterocycles. The fourth-order valence-electron chi connectivity index (χ4n) is 0.723. The number of halogens is 1. The smallest absolute Gasteiger partial charge is 0.0890 e. The molecule has 0 aliphatic carbocycles. The third kappa shape index (κ3) is 1.74. The molecule has 0 radical (unpaired) electrons. The molecule has 1 heterocycles. The summed E-state index contributed by atoms with van der Waals surface area (Å²) in [7, 11) is 0. The molecule has 1 aromatic heterocycles. The monoisotopic (exact) mass is 210 g/mol. The van der Waals surface area contributed by atoms with E-state index in [0.717, 1.165) is 15.9 Å². The standard InChI is InChI=1S/C8H7BrN2/c1-3-7-8(10-2)4-6(9)5-11-7/h3-5H,1-2H2. The Hall–Kier alpha value is -0.960. The Morgan fingerprint density at radius 1 is 1.64 bits per heavy atom. The van der Waals surface area contributed by atoms with Crippen molar-refractivity contribution in [3.8, 4) is 0 Å². The lowest BCUT2D eigenvalue weighted by Gasteiger charge is -1.97. The van der Waals surface area contributed by atoms with Crippen molar-refractivity contribution >= 4 is 34.4 Å². The molecule has 2 nitrogen and oxygen atoms in total. The zero-order valence-corrected chi connectivity index (χ0v) is 7.50. The molecular formula is C8H7BrN2. The number of hydrogen-bond acceptors (Lipinski definition) is 2. The van der Waals surface area contributed by atoms with Gasteiger partial charge >= 0.3 is 0 Å². The molecule has 0 fully saturated rings. The minimum absolute atomic E-state index is 0.745.